The third-order valence-corrected chi connectivity index (χ3v) is 7.04. The number of fused-ring (bicyclic) bond motifs is 1. The second kappa shape index (κ2) is 14.0. The van der Waals surface area contributed by atoms with Crippen molar-refractivity contribution in [1.82, 2.24) is 9.88 Å². The fourth-order valence-corrected chi connectivity index (χ4v) is 4.77. The quantitative estimate of drug-likeness (QED) is 0.202. The summed E-state index contributed by atoms with van der Waals surface area (Å²) in [5.41, 5.74) is 3.44. The van der Waals surface area contributed by atoms with Crippen molar-refractivity contribution in [2.75, 3.05) is 52.0 Å². The molecule has 0 aliphatic carbocycles. The molecule has 0 spiro atoms. The molecule has 1 aromatic heterocycles. The molecule has 1 aliphatic heterocycles. The average Bonchev–Trinajstić information content (AvgIpc) is 3.61. The van der Waals surface area contributed by atoms with Crippen LogP contribution in [-0.4, -0.2) is 81.2 Å². The number of cyclic esters (lactones) is 1. The maximum Gasteiger partial charge on any atom is 0.417 e. The molecular weight excluding hydrogens is 538 g/mol. The fraction of sp³-hybridized carbons (Fsp3) is 0.344. The third-order valence-electron chi connectivity index (χ3n) is 7.04. The standard InChI is InChI=1S/C32H35N3O7/c1-34(31-33-27-10-6-7-11-28(27)42-31)16-17-39-26-14-12-24(13-15-26)21-29(40-19-18-38-2)30(36)35-25(22-41-32(35)37)20-23-8-4-3-5-9-23/h3-15,25,29H,16-22H2,1-2H3/t25-,29-/m0/s1. The normalized spacial score (nSPS) is 15.5. The van der Waals surface area contributed by atoms with E-state index in [0.29, 0.717) is 37.9 Å². The van der Waals surface area contributed by atoms with E-state index < -0.39 is 24.1 Å². The van der Waals surface area contributed by atoms with Gasteiger partial charge >= 0.3 is 6.09 Å². The predicted octanol–water partition coefficient (Wildman–Crippen LogP) is 4.51. The minimum atomic E-state index is -0.874. The van der Waals surface area contributed by atoms with Crippen molar-refractivity contribution in [2.45, 2.75) is 25.0 Å². The van der Waals surface area contributed by atoms with E-state index in [2.05, 4.69) is 4.98 Å². The number of aromatic nitrogens is 1. The van der Waals surface area contributed by atoms with Gasteiger partial charge < -0.3 is 28.3 Å². The number of anilines is 1. The van der Waals surface area contributed by atoms with E-state index in [4.69, 9.17) is 23.4 Å². The van der Waals surface area contributed by atoms with Crippen molar-refractivity contribution in [3.8, 4) is 5.75 Å². The molecule has 2 amide bonds. The van der Waals surface area contributed by atoms with E-state index in [1.54, 1.807) is 7.11 Å². The second-order valence-electron chi connectivity index (χ2n) is 10.1. The first-order valence-corrected chi connectivity index (χ1v) is 13.9. The zero-order chi connectivity index (χ0) is 29.3. The van der Waals surface area contributed by atoms with Gasteiger partial charge in [0.1, 0.15) is 30.6 Å². The van der Waals surface area contributed by atoms with Crippen LogP contribution in [0.4, 0.5) is 10.8 Å². The minimum Gasteiger partial charge on any atom is -0.492 e. The van der Waals surface area contributed by atoms with Crippen molar-refractivity contribution >= 4 is 29.1 Å². The molecule has 0 N–H and O–H groups in total. The number of imide groups is 1. The number of ether oxygens (including phenoxy) is 4. The molecule has 10 nitrogen and oxygen atoms in total. The number of benzene rings is 3. The van der Waals surface area contributed by atoms with Crippen LogP contribution >= 0.6 is 0 Å². The number of oxazole rings is 1. The van der Waals surface area contributed by atoms with Crippen LogP contribution in [0.5, 0.6) is 5.75 Å². The lowest BCUT2D eigenvalue weighted by atomic mass is 10.0. The van der Waals surface area contributed by atoms with Crippen LogP contribution in [0, 0.1) is 0 Å². The van der Waals surface area contributed by atoms with Crippen molar-refractivity contribution in [3.63, 3.8) is 0 Å². The Morgan fingerprint density at radius 2 is 1.76 bits per heavy atom. The van der Waals surface area contributed by atoms with Gasteiger partial charge in [0.05, 0.1) is 25.8 Å². The maximum absolute atomic E-state index is 13.6. The van der Waals surface area contributed by atoms with E-state index in [-0.39, 0.29) is 19.6 Å². The lowest BCUT2D eigenvalue weighted by molar-refractivity contribution is -0.142. The summed E-state index contributed by atoms with van der Waals surface area (Å²) in [6, 6.07) is 25.0. The third kappa shape index (κ3) is 7.26. The molecule has 0 radical (unpaired) electrons. The minimum absolute atomic E-state index is 0.151. The Balaban J connectivity index is 1.18. The van der Waals surface area contributed by atoms with E-state index >= 15 is 0 Å². The van der Waals surface area contributed by atoms with E-state index in [9.17, 15) is 9.59 Å². The highest BCUT2D eigenvalue weighted by Gasteiger charge is 2.41. The van der Waals surface area contributed by atoms with Crippen molar-refractivity contribution < 1.29 is 33.0 Å². The molecule has 220 valence electrons. The van der Waals surface area contributed by atoms with Gasteiger partial charge in [-0.1, -0.05) is 54.6 Å². The number of nitrogens with zero attached hydrogens (tertiary/aromatic N) is 3. The van der Waals surface area contributed by atoms with Gasteiger partial charge in [0.15, 0.2) is 5.58 Å². The number of amides is 2. The molecule has 0 bridgehead atoms. The highest BCUT2D eigenvalue weighted by atomic mass is 16.6. The first-order chi connectivity index (χ1) is 20.5. The van der Waals surface area contributed by atoms with E-state index in [0.717, 1.165) is 22.2 Å². The van der Waals surface area contributed by atoms with Gasteiger partial charge in [-0.15, -0.1) is 0 Å². The van der Waals surface area contributed by atoms with Crippen molar-refractivity contribution in [1.29, 1.82) is 0 Å². The Morgan fingerprint density at radius 1 is 1.00 bits per heavy atom. The van der Waals surface area contributed by atoms with Gasteiger partial charge in [-0.25, -0.2) is 9.69 Å². The smallest absolute Gasteiger partial charge is 0.417 e. The fourth-order valence-electron chi connectivity index (χ4n) is 4.77. The predicted molar refractivity (Wildman–Crippen MR) is 157 cm³/mol. The zero-order valence-corrected chi connectivity index (χ0v) is 23.8. The van der Waals surface area contributed by atoms with E-state index in [1.807, 2.05) is 90.8 Å². The molecule has 1 saturated heterocycles. The van der Waals surface area contributed by atoms with Gasteiger partial charge in [-0.05, 0) is 41.8 Å². The molecule has 0 saturated carbocycles. The number of carbonyl (C=O) groups is 2. The van der Waals surface area contributed by atoms with Gasteiger partial charge in [-0.2, -0.15) is 4.98 Å². The summed E-state index contributed by atoms with van der Waals surface area (Å²) >= 11 is 0. The summed E-state index contributed by atoms with van der Waals surface area (Å²) in [4.78, 5) is 33.8. The second-order valence-corrected chi connectivity index (χ2v) is 10.1. The maximum atomic E-state index is 13.6. The average molecular weight is 574 g/mol. The first-order valence-electron chi connectivity index (χ1n) is 13.9. The molecule has 3 aromatic carbocycles. The highest BCUT2D eigenvalue weighted by molar-refractivity contribution is 5.96. The Hall–Kier alpha value is -4.41. The van der Waals surface area contributed by atoms with Gasteiger partial charge in [0.2, 0.25) is 0 Å². The number of rotatable bonds is 14. The largest absolute Gasteiger partial charge is 0.492 e. The van der Waals surface area contributed by atoms with Crippen LogP contribution in [0.1, 0.15) is 11.1 Å². The number of carbonyl (C=O) groups excluding carboxylic acids is 2. The summed E-state index contributed by atoms with van der Waals surface area (Å²) in [6.45, 7) is 1.70. The summed E-state index contributed by atoms with van der Waals surface area (Å²) in [6.07, 6.45) is -0.726. The summed E-state index contributed by atoms with van der Waals surface area (Å²) < 4.78 is 28.0. The zero-order valence-electron chi connectivity index (χ0n) is 23.8. The number of likely N-dealkylation sites (N-methyl/N-ethyl adjacent to an activating group) is 1. The molecule has 1 aliphatic rings. The monoisotopic (exact) mass is 573 g/mol. The Morgan fingerprint density at radius 3 is 2.52 bits per heavy atom. The Labute approximate surface area is 244 Å². The first kappa shape index (κ1) is 29.1. The molecule has 0 unspecified atom stereocenters. The van der Waals surface area contributed by atoms with Crippen LogP contribution in [0.2, 0.25) is 0 Å². The molecule has 4 aromatic rings. The number of methoxy groups -OCH3 is 1. The summed E-state index contributed by atoms with van der Waals surface area (Å²) in [5, 5.41) is 0. The van der Waals surface area contributed by atoms with Crippen LogP contribution in [0.15, 0.2) is 83.3 Å². The topological polar surface area (TPSA) is 104 Å². The number of hydrogen-bond donors (Lipinski definition) is 0. The molecule has 5 rings (SSSR count). The van der Waals surface area contributed by atoms with Crippen LogP contribution in [0.3, 0.4) is 0 Å². The van der Waals surface area contributed by atoms with E-state index in [1.165, 1.54) is 4.90 Å². The Kier molecular flexibility index (Phi) is 9.68. The molecule has 2 heterocycles. The lowest BCUT2D eigenvalue weighted by Gasteiger charge is -2.25. The molecule has 2 atom stereocenters. The van der Waals surface area contributed by atoms with Crippen molar-refractivity contribution in [2.24, 2.45) is 0 Å². The van der Waals surface area contributed by atoms with Crippen LogP contribution < -0.4 is 9.64 Å². The molecular formula is C32H35N3O7. The molecule has 1 fully saturated rings. The number of para-hydroxylation sites is 2. The highest BCUT2D eigenvalue weighted by Crippen LogP contribution is 2.23. The van der Waals surface area contributed by atoms with Gasteiger partial charge in [-0.3, -0.25) is 4.79 Å². The number of hydrogen-bond acceptors (Lipinski definition) is 9. The van der Waals surface area contributed by atoms with Crippen LogP contribution in [-0.2, 0) is 31.8 Å². The lowest BCUT2D eigenvalue weighted by Crippen LogP contribution is -2.47. The molecule has 10 heteroatoms. The SMILES string of the molecule is COCCO[C@@H](Cc1ccc(OCCN(C)c2nc3ccccc3o2)cc1)C(=O)N1C(=O)OC[C@@H]1Cc1ccccc1. The Bertz CT molecular complexity index is 1430. The summed E-state index contributed by atoms with van der Waals surface area (Å²) in [5.74, 6) is 0.274. The van der Waals surface area contributed by atoms with Crippen molar-refractivity contribution in [3.05, 3.63) is 90.0 Å². The van der Waals surface area contributed by atoms with Crippen LogP contribution in [0.25, 0.3) is 11.1 Å². The summed E-state index contributed by atoms with van der Waals surface area (Å²) in [7, 11) is 3.47. The van der Waals surface area contributed by atoms with Gasteiger partial charge in [0.25, 0.3) is 11.9 Å². The van der Waals surface area contributed by atoms with Gasteiger partial charge in [0, 0.05) is 20.6 Å². The molecule has 42 heavy (non-hydrogen) atoms.